The summed E-state index contributed by atoms with van der Waals surface area (Å²) < 4.78 is 17.0. The van der Waals surface area contributed by atoms with Crippen LogP contribution in [0.1, 0.15) is 49.8 Å². The molecule has 6 nitrogen and oxygen atoms in total. The van der Waals surface area contributed by atoms with Crippen LogP contribution in [-0.4, -0.2) is 55.3 Å². The van der Waals surface area contributed by atoms with Gasteiger partial charge in [-0.3, -0.25) is 4.79 Å². The molecule has 0 bridgehead atoms. The highest BCUT2D eigenvalue weighted by Crippen LogP contribution is 2.40. The van der Waals surface area contributed by atoms with Gasteiger partial charge in [0.25, 0.3) is 0 Å². The molecule has 176 valence electrons. The molecular weight excluding hydrogens is 416 g/mol. The number of morpholine rings is 1. The average molecular weight is 451 g/mol. The maximum atomic E-state index is 13.5. The lowest BCUT2D eigenvalue weighted by molar-refractivity contribution is -0.143. The van der Waals surface area contributed by atoms with Gasteiger partial charge in [-0.05, 0) is 37.5 Å². The molecule has 1 N–H and O–H groups in total. The van der Waals surface area contributed by atoms with Crippen molar-refractivity contribution in [2.45, 2.75) is 51.7 Å². The third kappa shape index (κ3) is 4.71. The third-order valence-electron chi connectivity index (χ3n) is 6.56. The van der Waals surface area contributed by atoms with Crippen LogP contribution in [0.25, 0.3) is 10.9 Å². The number of ether oxygens (including phenoxy) is 3. The number of carbonyl (C=O) groups excluding carboxylic acids is 1. The zero-order valence-corrected chi connectivity index (χ0v) is 20.2. The summed E-state index contributed by atoms with van der Waals surface area (Å²) >= 11 is 0. The van der Waals surface area contributed by atoms with Gasteiger partial charge in [-0.25, -0.2) is 0 Å². The molecule has 0 aliphatic carbocycles. The Labute approximate surface area is 195 Å². The number of nitrogens with zero attached hydrogens (tertiary/aromatic N) is 1. The molecule has 1 saturated heterocycles. The van der Waals surface area contributed by atoms with Gasteiger partial charge in [-0.15, -0.1) is 0 Å². The van der Waals surface area contributed by atoms with Gasteiger partial charge in [0, 0.05) is 54.2 Å². The monoisotopic (exact) mass is 450 g/mol. The lowest BCUT2D eigenvalue weighted by Crippen LogP contribution is -2.48. The van der Waals surface area contributed by atoms with Crippen LogP contribution in [0.15, 0.2) is 42.6 Å². The predicted octanol–water partition coefficient (Wildman–Crippen LogP) is 4.91. The van der Waals surface area contributed by atoms with Crippen LogP contribution in [0.5, 0.6) is 11.5 Å². The second-order valence-electron chi connectivity index (χ2n) is 8.86. The topological polar surface area (TPSA) is 63.8 Å². The van der Waals surface area contributed by atoms with E-state index in [1.807, 2.05) is 36.9 Å². The standard InChI is InChI=1S/C27H34N2O4/c1-6-19-8-7-9-22-24(14-28-27(19)22)23(21-11-10-20(31-4)12-25(21)32-5)13-26(30)29-15-17(2)33-18(3)16-29/h7-12,14,17-18,23,28H,6,13,15-16H2,1-5H3. The van der Waals surface area contributed by atoms with Crippen molar-refractivity contribution < 1.29 is 19.0 Å². The molecule has 2 heterocycles. The largest absolute Gasteiger partial charge is 0.497 e. The fraction of sp³-hybridized carbons (Fsp3) is 0.444. The van der Waals surface area contributed by atoms with E-state index in [0.29, 0.717) is 19.5 Å². The molecule has 0 saturated carbocycles. The first-order valence-electron chi connectivity index (χ1n) is 11.7. The van der Waals surface area contributed by atoms with Crippen molar-refractivity contribution in [3.05, 3.63) is 59.3 Å². The Balaban J connectivity index is 1.78. The number of aryl methyl sites for hydroxylation is 1. The van der Waals surface area contributed by atoms with Crippen LogP contribution in [-0.2, 0) is 16.0 Å². The van der Waals surface area contributed by atoms with E-state index in [1.165, 1.54) is 5.56 Å². The minimum atomic E-state index is -0.160. The molecule has 1 aliphatic heterocycles. The summed E-state index contributed by atoms with van der Waals surface area (Å²) in [6.45, 7) is 7.42. The zero-order valence-electron chi connectivity index (χ0n) is 20.2. The van der Waals surface area contributed by atoms with Crippen molar-refractivity contribution in [3.8, 4) is 11.5 Å². The van der Waals surface area contributed by atoms with E-state index in [9.17, 15) is 4.79 Å². The Kier molecular flexibility index (Phi) is 6.94. The van der Waals surface area contributed by atoms with Crippen molar-refractivity contribution in [1.29, 1.82) is 0 Å². The molecule has 0 radical (unpaired) electrons. The molecule has 4 rings (SSSR count). The summed E-state index contributed by atoms with van der Waals surface area (Å²) in [7, 11) is 3.30. The minimum absolute atomic E-state index is 0.0341. The Bertz CT molecular complexity index is 1110. The van der Waals surface area contributed by atoms with Gasteiger partial charge >= 0.3 is 0 Å². The van der Waals surface area contributed by atoms with Crippen LogP contribution in [0.4, 0.5) is 0 Å². The van der Waals surface area contributed by atoms with E-state index >= 15 is 0 Å². The number of nitrogens with one attached hydrogen (secondary N) is 1. The molecule has 3 aromatic rings. The summed E-state index contributed by atoms with van der Waals surface area (Å²) in [6, 6.07) is 12.2. The number of para-hydroxylation sites is 1. The Morgan fingerprint density at radius 2 is 1.88 bits per heavy atom. The van der Waals surface area contributed by atoms with Crippen molar-refractivity contribution in [2.24, 2.45) is 0 Å². The number of benzene rings is 2. The molecule has 1 aromatic heterocycles. The fourth-order valence-corrected chi connectivity index (χ4v) is 5.00. The summed E-state index contributed by atoms with van der Waals surface area (Å²) in [6.07, 6.45) is 3.41. The van der Waals surface area contributed by atoms with Crippen molar-refractivity contribution in [3.63, 3.8) is 0 Å². The predicted molar refractivity (Wildman–Crippen MR) is 130 cm³/mol. The van der Waals surface area contributed by atoms with E-state index < -0.39 is 0 Å². The fourth-order valence-electron chi connectivity index (χ4n) is 5.00. The van der Waals surface area contributed by atoms with Crippen LogP contribution >= 0.6 is 0 Å². The smallest absolute Gasteiger partial charge is 0.223 e. The van der Waals surface area contributed by atoms with E-state index in [0.717, 1.165) is 39.9 Å². The normalized spacial score (nSPS) is 19.5. The molecule has 6 heteroatoms. The van der Waals surface area contributed by atoms with Gasteiger partial charge in [0.05, 0.1) is 26.4 Å². The number of amides is 1. The molecule has 3 unspecified atom stereocenters. The lowest BCUT2D eigenvalue weighted by Gasteiger charge is -2.36. The van der Waals surface area contributed by atoms with Crippen molar-refractivity contribution >= 4 is 16.8 Å². The molecule has 1 fully saturated rings. The quantitative estimate of drug-likeness (QED) is 0.556. The first-order chi connectivity index (χ1) is 15.9. The molecule has 3 atom stereocenters. The minimum Gasteiger partial charge on any atom is -0.497 e. The summed E-state index contributed by atoms with van der Waals surface area (Å²) in [5.41, 5.74) is 4.48. The first-order valence-corrected chi connectivity index (χ1v) is 11.7. The number of aromatic amines is 1. The highest BCUT2D eigenvalue weighted by atomic mass is 16.5. The second-order valence-corrected chi connectivity index (χ2v) is 8.86. The molecular formula is C27H34N2O4. The number of H-pyrrole nitrogens is 1. The molecule has 1 aliphatic rings. The molecule has 0 spiro atoms. The Hall–Kier alpha value is -2.99. The van der Waals surface area contributed by atoms with E-state index in [-0.39, 0.29) is 24.0 Å². The van der Waals surface area contributed by atoms with E-state index in [2.05, 4.69) is 36.3 Å². The number of hydrogen-bond acceptors (Lipinski definition) is 4. The van der Waals surface area contributed by atoms with Gasteiger partial charge in [0.1, 0.15) is 11.5 Å². The highest BCUT2D eigenvalue weighted by Gasteiger charge is 2.30. The molecule has 2 aromatic carbocycles. The number of rotatable bonds is 7. The zero-order chi connectivity index (χ0) is 23.5. The molecule has 33 heavy (non-hydrogen) atoms. The number of carbonyl (C=O) groups is 1. The van der Waals surface area contributed by atoms with Crippen molar-refractivity contribution in [2.75, 3.05) is 27.3 Å². The van der Waals surface area contributed by atoms with E-state index in [1.54, 1.807) is 14.2 Å². The number of hydrogen-bond donors (Lipinski definition) is 1. The van der Waals surface area contributed by atoms with Crippen LogP contribution < -0.4 is 9.47 Å². The van der Waals surface area contributed by atoms with Gasteiger partial charge in [0.15, 0.2) is 0 Å². The lowest BCUT2D eigenvalue weighted by atomic mass is 9.86. The average Bonchev–Trinajstić information content (AvgIpc) is 3.25. The summed E-state index contributed by atoms with van der Waals surface area (Å²) in [4.78, 5) is 19.0. The van der Waals surface area contributed by atoms with Gasteiger partial charge in [0.2, 0.25) is 5.91 Å². The maximum absolute atomic E-state index is 13.5. The summed E-state index contributed by atoms with van der Waals surface area (Å²) in [5.74, 6) is 1.41. The number of aromatic nitrogens is 1. The Morgan fingerprint density at radius 1 is 1.12 bits per heavy atom. The molecule has 1 amide bonds. The number of fused-ring (bicyclic) bond motifs is 1. The second kappa shape index (κ2) is 9.87. The van der Waals surface area contributed by atoms with Crippen LogP contribution in [0.2, 0.25) is 0 Å². The van der Waals surface area contributed by atoms with Crippen LogP contribution in [0.3, 0.4) is 0 Å². The Morgan fingerprint density at radius 3 is 2.55 bits per heavy atom. The highest BCUT2D eigenvalue weighted by molar-refractivity contribution is 5.88. The van der Waals surface area contributed by atoms with Gasteiger partial charge < -0.3 is 24.1 Å². The van der Waals surface area contributed by atoms with Gasteiger partial charge in [-0.2, -0.15) is 0 Å². The maximum Gasteiger partial charge on any atom is 0.223 e. The number of methoxy groups -OCH3 is 2. The van der Waals surface area contributed by atoms with Gasteiger partial charge in [-0.1, -0.05) is 31.2 Å². The summed E-state index contributed by atoms with van der Waals surface area (Å²) in [5, 5.41) is 1.15. The third-order valence-corrected chi connectivity index (χ3v) is 6.56. The van der Waals surface area contributed by atoms with Crippen LogP contribution in [0, 0.1) is 0 Å². The van der Waals surface area contributed by atoms with Crippen molar-refractivity contribution in [1.82, 2.24) is 9.88 Å². The SMILES string of the molecule is CCc1cccc2c(C(CC(=O)N3CC(C)OC(C)C3)c3ccc(OC)cc3OC)c[nH]c12. The first kappa shape index (κ1) is 23.2. The van der Waals surface area contributed by atoms with E-state index in [4.69, 9.17) is 14.2 Å².